The van der Waals surface area contributed by atoms with E-state index in [0.29, 0.717) is 23.7 Å². The predicted octanol–water partition coefficient (Wildman–Crippen LogP) is 0.425. The molecule has 142 valence electrons. The Morgan fingerprint density at radius 1 is 1.15 bits per heavy atom. The van der Waals surface area contributed by atoms with E-state index in [1.165, 1.54) is 17.0 Å². The van der Waals surface area contributed by atoms with Gasteiger partial charge in [0.15, 0.2) is 6.04 Å². The lowest BCUT2D eigenvalue weighted by molar-refractivity contribution is -0.674. The quantitative estimate of drug-likeness (QED) is 0.674. The number of hydrogen-bond donors (Lipinski definition) is 2. The summed E-state index contributed by atoms with van der Waals surface area (Å²) in [6.45, 7) is 0.585. The lowest BCUT2D eigenvalue weighted by Gasteiger charge is -2.14. The van der Waals surface area contributed by atoms with Gasteiger partial charge in [0.2, 0.25) is 15.9 Å². The molecule has 1 aliphatic rings. The maximum Gasteiger partial charge on any atom is 0.292 e. The second kappa shape index (κ2) is 7.77. The maximum atomic E-state index is 12.6. The number of carbonyl (C=O) groups excluding carboxylic acids is 2. The molecule has 0 unspecified atom stereocenters. The molecule has 1 atom stereocenters. The number of quaternary nitrogens is 1. The summed E-state index contributed by atoms with van der Waals surface area (Å²) in [5, 5.41) is 7.37. The zero-order chi connectivity index (χ0) is 19.6. The highest BCUT2D eigenvalue weighted by atomic mass is 35.5. The Hall–Kier alpha value is -2.26. The fraction of sp³-hybridized carbons (Fsp3) is 0.222. The Bertz CT molecular complexity index is 976. The number of carbonyl (C=O) groups is 2. The van der Waals surface area contributed by atoms with Crippen molar-refractivity contribution in [2.24, 2.45) is 5.14 Å². The van der Waals surface area contributed by atoms with E-state index in [1.54, 1.807) is 36.4 Å². The van der Waals surface area contributed by atoms with E-state index in [-0.39, 0.29) is 23.1 Å². The van der Waals surface area contributed by atoms with Crippen LogP contribution in [0.4, 0.5) is 5.69 Å². The minimum Gasteiger partial charge on any atom is -0.335 e. The van der Waals surface area contributed by atoms with Gasteiger partial charge in [0, 0.05) is 11.4 Å². The van der Waals surface area contributed by atoms with Crippen molar-refractivity contribution in [2.75, 3.05) is 11.4 Å². The van der Waals surface area contributed by atoms with E-state index < -0.39 is 16.1 Å². The van der Waals surface area contributed by atoms with Crippen molar-refractivity contribution in [1.82, 2.24) is 0 Å². The van der Waals surface area contributed by atoms with Gasteiger partial charge < -0.3 is 5.32 Å². The van der Waals surface area contributed by atoms with Gasteiger partial charge in [0.25, 0.3) is 5.91 Å². The fourth-order valence-corrected chi connectivity index (χ4v) is 3.72. The van der Waals surface area contributed by atoms with Crippen LogP contribution in [0.15, 0.2) is 53.4 Å². The summed E-state index contributed by atoms with van der Waals surface area (Å²) >= 11 is 5.94. The van der Waals surface area contributed by atoms with Crippen molar-refractivity contribution in [3.05, 3.63) is 59.1 Å². The van der Waals surface area contributed by atoms with Gasteiger partial charge in [-0.05, 0) is 35.9 Å². The standard InChI is InChI=1S/C18H18ClN3O4S/c19-13-2-1-3-14(10-13)22-17(23)11-16(18(22)24)21-9-8-12-4-6-15(7-5-12)27(20,25)26/h1-7,10,16,21H,8-9,11H2,(H2,20,25,26)/p+1/t16-/m1/s1. The Morgan fingerprint density at radius 3 is 2.48 bits per heavy atom. The predicted molar refractivity (Wildman–Crippen MR) is 101 cm³/mol. The summed E-state index contributed by atoms with van der Waals surface area (Å²) in [5.41, 5.74) is 1.40. The van der Waals surface area contributed by atoms with Crippen LogP contribution in [-0.4, -0.2) is 32.8 Å². The number of primary sulfonamides is 1. The number of imide groups is 1. The molecule has 1 fully saturated rings. The van der Waals surface area contributed by atoms with E-state index in [9.17, 15) is 18.0 Å². The molecule has 1 aliphatic heterocycles. The molecule has 1 heterocycles. The van der Waals surface area contributed by atoms with Crippen molar-refractivity contribution in [3.8, 4) is 0 Å². The Morgan fingerprint density at radius 2 is 1.85 bits per heavy atom. The first-order valence-corrected chi connectivity index (χ1v) is 10.3. The average Bonchev–Trinajstić information content (AvgIpc) is 2.88. The van der Waals surface area contributed by atoms with E-state index in [0.717, 1.165) is 5.56 Å². The maximum absolute atomic E-state index is 12.6. The number of sulfonamides is 1. The number of hydrogen-bond acceptors (Lipinski definition) is 4. The van der Waals surface area contributed by atoms with Gasteiger partial charge in [-0.1, -0.05) is 29.8 Å². The van der Waals surface area contributed by atoms with Gasteiger partial charge in [0.05, 0.1) is 23.5 Å². The first kappa shape index (κ1) is 19.5. The number of nitrogens with two attached hydrogens (primary N) is 2. The monoisotopic (exact) mass is 408 g/mol. The lowest BCUT2D eigenvalue weighted by Crippen LogP contribution is -2.92. The topological polar surface area (TPSA) is 114 Å². The number of nitrogens with zero attached hydrogens (tertiary/aromatic N) is 1. The molecular weight excluding hydrogens is 390 g/mol. The molecule has 2 amide bonds. The summed E-state index contributed by atoms with van der Waals surface area (Å²) in [5.74, 6) is -0.507. The molecule has 0 aliphatic carbocycles. The summed E-state index contributed by atoms with van der Waals surface area (Å²) in [6.07, 6.45) is 0.760. The lowest BCUT2D eigenvalue weighted by atomic mass is 10.1. The van der Waals surface area contributed by atoms with Crippen LogP contribution in [0, 0.1) is 0 Å². The molecule has 2 aromatic rings. The van der Waals surface area contributed by atoms with E-state index in [1.807, 2.05) is 5.32 Å². The second-order valence-electron chi connectivity index (χ2n) is 6.32. The number of anilines is 1. The first-order chi connectivity index (χ1) is 12.8. The van der Waals surface area contributed by atoms with Crippen LogP contribution in [0.25, 0.3) is 0 Å². The van der Waals surface area contributed by atoms with Gasteiger partial charge in [-0.25, -0.2) is 18.5 Å². The van der Waals surface area contributed by atoms with Gasteiger partial charge >= 0.3 is 0 Å². The zero-order valence-corrected chi connectivity index (χ0v) is 15.9. The van der Waals surface area contributed by atoms with Crippen LogP contribution in [0.1, 0.15) is 12.0 Å². The minimum absolute atomic E-state index is 0.0592. The second-order valence-corrected chi connectivity index (χ2v) is 8.32. The Labute approximate surface area is 162 Å². The number of benzene rings is 2. The van der Waals surface area contributed by atoms with Gasteiger partial charge in [0.1, 0.15) is 0 Å². The molecular formula is C18H19ClN3O4S+. The normalized spacial score (nSPS) is 17.6. The molecule has 27 heavy (non-hydrogen) atoms. The van der Waals surface area contributed by atoms with Crippen molar-refractivity contribution in [1.29, 1.82) is 0 Å². The summed E-state index contributed by atoms with van der Waals surface area (Å²) < 4.78 is 22.5. The van der Waals surface area contributed by atoms with Crippen LogP contribution < -0.4 is 15.4 Å². The van der Waals surface area contributed by atoms with E-state index >= 15 is 0 Å². The zero-order valence-electron chi connectivity index (χ0n) is 14.3. The van der Waals surface area contributed by atoms with E-state index in [4.69, 9.17) is 16.7 Å². The minimum atomic E-state index is -3.71. The summed E-state index contributed by atoms with van der Waals surface area (Å²) in [7, 11) is -3.71. The van der Waals surface area contributed by atoms with Crippen LogP contribution in [0.5, 0.6) is 0 Å². The largest absolute Gasteiger partial charge is 0.335 e. The molecule has 1 saturated heterocycles. The molecule has 0 aromatic heterocycles. The molecule has 0 bridgehead atoms. The number of halogens is 1. The SMILES string of the molecule is NS(=O)(=O)c1ccc(CC[NH2+][C@@H]2CC(=O)N(c3cccc(Cl)c3)C2=O)cc1. The van der Waals surface area contributed by atoms with Crippen molar-refractivity contribution in [2.45, 2.75) is 23.8 Å². The fourth-order valence-electron chi connectivity index (χ4n) is 3.02. The number of amides is 2. The Kier molecular flexibility index (Phi) is 5.61. The molecule has 3 rings (SSSR count). The summed E-state index contributed by atoms with van der Waals surface area (Å²) in [6, 6.07) is 12.5. The third kappa shape index (κ3) is 4.54. The third-order valence-electron chi connectivity index (χ3n) is 4.38. The number of rotatable bonds is 6. The van der Waals surface area contributed by atoms with Crippen LogP contribution in [0.2, 0.25) is 5.02 Å². The molecule has 0 saturated carbocycles. The molecule has 9 heteroatoms. The molecule has 7 nitrogen and oxygen atoms in total. The Balaban J connectivity index is 1.59. The highest BCUT2D eigenvalue weighted by molar-refractivity contribution is 7.89. The summed E-state index contributed by atoms with van der Waals surface area (Å²) in [4.78, 5) is 26.1. The van der Waals surface area contributed by atoms with Crippen molar-refractivity contribution in [3.63, 3.8) is 0 Å². The van der Waals surface area contributed by atoms with Crippen molar-refractivity contribution >= 4 is 39.1 Å². The molecule has 0 radical (unpaired) electrons. The van der Waals surface area contributed by atoms with Crippen LogP contribution in [0.3, 0.4) is 0 Å². The van der Waals surface area contributed by atoms with Gasteiger partial charge in [-0.15, -0.1) is 0 Å². The van der Waals surface area contributed by atoms with Crippen molar-refractivity contribution < 1.29 is 23.3 Å². The first-order valence-electron chi connectivity index (χ1n) is 8.33. The van der Waals surface area contributed by atoms with Gasteiger partial charge in [-0.3, -0.25) is 9.59 Å². The van der Waals surface area contributed by atoms with E-state index in [2.05, 4.69) is 0 Å². The third-order valence-corrected chi connectivity index (χ3v) is 5.55. The smallest absolute Gasteiger partial charge is 0.292 e. The molecule has 0 spiro atoms. The highest BCUT2D eigenvalue weighted by Gasteiger charge is 2.42. The molecule has 4 N–H and O–H groups in total. The highest BCUT2D eigenvalue weighted by Crippen LogP contribution is 2.24. The van der Waals surface area contributed by atoms with Crippen LogP contribution in [-0.2, 0) is 26.0 Å². The average molecular weight is 409 g/mol. The van der Waals surface area contributed by atoms with Gasteiger partial charge in [-0.2, -0.15) is 0 Å². The molecule has 2 aromatic carbocycles. The van der Waals surface area contributed by atoms with Crippen LogP contribution >= 0.6 is 11.6 Å².